The van der Waals surface area contributed by atoms with Crippen LogP contribution in [-0.2, 0) is 5.41 Å². The van der Waals surface area contributed by atoms with Crippen LogP contribution in [0.25, 0.3) is 65.5 Å². The van der Waals surface area contributed by atoms with Gasteiger partial charge in [0.25, 0.3) is 0 Å². The lowest BCUT2D eigenvalue weighted by Gasteiger charge is -2.46. The summed E-state index contributed by atoms with van der Waals surface area (Å²) in [6, 6.07) is 74.5. The number of hydrogen-bond acceptors (Lipinski definition) is 3. The molecule has 11 aromatic rings. The second kappa shape index (κ2) is 12.3. The summed E-state index contributed by atoms with van der Waals surface area (Å²) in [5.74, 6) is 0.850. The minimum Gasteiger partial charge on any atom is -0.456 e. The van der Waals surface area contributed by atoms with Crippen LogP contribution in [-0.4, -0.2) is 4.98 Å². The van der Waals surface area contributed by atoms with Crippen LogP contribution in [0.1, 0.15) is 22.3 Å². The number of fused-ring (bicyclic) bond motifs is 9. The highest BCUT2D eigenvalue weighted by Gasteiger charge is 2.46. The summed E-state index contributed by atoms with van der Waals surface area (Å²) in [6.45, 7) is 0. The molecule has 0 radical (unpaired) electrons. The summed E-state index contributed by atoms with van der Waals surface area (Å²) < 4.78 is 6.66. The van der Waals surface area contributed by atoms with Crippen molar-refractivity contribution < 1.29 is 4.42 Å². The first-order valence-electron chi connectivity index (χ1n) is 19.5. The van der Waals surface area contributed by atoms with Crippen LogP contribution in [0.3, 0.4) is 0 Å². The number of aromatic nitrogens is 1. The fourth-order valence-corrected chi connectivity index (χ4v) is 9.60. The Hall–Kier alpha value is -7.49. The van der Waals surface area contributed by atoms with E-state index < -0.39 is 5.41 Å². The standard InChI is InChI=1S/C54H34N2O/c1-3-19-40(20-4-1)54(41-21-5-2-6-22-41)45-23-11-13-25-47(45)56(48-26-14-12-24-46(48)54)51-34-43-42(53(55-51)39-28-27-35-15-7-8-16-36(35)31-39)29-30-49-52(43)44-32-37-17-9-10-18-38(37)33-50(44)57-49/h1-34H. The Bertz CT molecular complexity index is 3280. The number of furan rings is 1. The van der Waals surface area contributed by atoms with E-state index in [4.69, 9.17) is 9.40 Å². The first kappa shape index (κ1) is 31.8. The van der Waals surface area contributed by atoms with E-state index in [9.17, 15) is 0 Å². The van der Waals surface area contributed by atoms with Crippen LogP contribution in [0.2, 0.25) is 0 Å². The van der Waals surface area contributed by atoms with Gasteiger partial charge in [0.2, 0.25) is 0 Å². The highest BCUT2D eigenvalue weighted by molar-refractivity contribution is 6.23. The third-order valence-corrected chi connectivity index (χ3v) is 12.1. The Balaban J connectivity index is 1.20. The number of pyridine rings is 1. The average molecular weight is 727 g/mol. The van der Waals surface area contributed by atoms with Gasteiger partial charge in [0, 0.05) is 21.7 Å². The average Bonchev–Trinajstić information content (AvgIpc) is 3.65. The number of benzene rings is 9. The Morgan fingerprint density at radius 1 is 0.404 bits per heavy atom. The largest absolute Gasteiger partial charge is 0.456 e. The molecule has 0 bridgehead atoms. The van der Waals surface area contributed by atoms with Crippen molar-refractivity contribution in [1.29, 1.82) is 0 Å². The van der Waals surface area contributed by atoms with E-state index >= 15 is 0 Å². The third kappa shape index (κ3) is 4.63. The van der Waals surface area contributed by atoms with Gasteiger partial charge in [-0.25, -0.2) is 4.98 Å². The van der Waals surface area contributed by atoms with Crippen LogP contribution >= 0.6 is 0 Å². The molecule has 2 aromatic heterocycles. The summed E-state index contributed by atoms with van der Waals surface area (Å²) >= 11 is 0. The smallest absolute Gasteiger partial charge is 0.138 e. The molecule has 3 heteroatoms. The highest BCUT2D eigenvalue weighted by Crippen LogP contribution is 2.58. The molecule has 0 fully saturated rings. The van der Waals surface area contributed by atoms with Gasteiger partial charge in [-0.3, -0.25) is 4.90 Å². The maximum atomic E-state index is 6.66. The Morgan fingerprint density at radius 2 is 0.965 bits per heavy atom. The van der Waals surface area contributed by atoms with Crippen molar-refractivity contribution in [3.8, 4) is 11.3 Å². The quantitative estimate of drug-likeness (QED) is 0.181. The van der Waals surface area contributed by atoms with Gasteiger partial charge in [-0.05, 0) is 97.7 Å². The molecule has 0 unspecified atom stereocenters. The van der Waals surface area contributed by atoms with Gasteiger partial charge in [-0.15, -0.1) is 0 Å². The molecule has 0 spiro atoms. The van der Waals surface area contributed by atoms with Crippen molar-refractivity contribution >= 4 is 71.4 Å². The van der Waals surface area contributed by atoms with E-state index in [1.54, 1.807) is 0 Å². The van der Waals surface area contributed by atoms with Gasteiger partial charge in [-0.1, -0.05) is 158 Å². The van der Waals surface area contributed by atoms with E-state index in [1.807, 2.05) is 0 Å². The monoisotopic (exact) mass is 726 g/mol. The molecule has 1 aliphatic rings. The lowest BCUT2D eigenvalue weighted by atomic mass is 9.62. The fourth-order valence-electron chi connectivity index (χ4n) is 9.60. The molecule has 3 nitrogen and oxygen atoms in total. The first-order chi connectivity index (χ1) is 28.3. The van der Waals surface area contributed by atoms with Crippen LogP contribution in [0.4, 0.5) is 17.2 Å². The zero-order chi connectivity index (χ0) is 37.5. The van der Waals surface area contributed by atoms with Crippen molar-refractivity contribution in [2.75, 3.05) is 4.90 Å². The minimum atomic E-state index is -0.570. The molecule has 9 aromatic carbocycles. The Labute approximate surface area is 329 Å². The molecule has 0 amide bonds. The van der Waals surface area contributed by atoms with Crippen molar-refractivity contribution in [2.24, 2.45) is 0 Å². The van der Waals surface area contributed by atoms with Gasteiger partial charge in [0.1, 0.15) is 17.0 Å². The maximum Gasteiger partial charge on any atom is 0.138 e. The lowest BCUT2D eigenvalue weighted by molar-refractivity contribution is 0.670. The van der Waals surface area contributed by atoms with Gasteiger partial charge in [-0.2, -0.15) is 0 Å². The number of para-hydroxylation sites is 2. The van der Waals surface area contributed by atoms with E-state index in [0.717, 1.165) is 66.5 Å². The minimum absolute atomic E-state index is 0.570. The van der Waals surface area contributed by atoms with Crippen molar-refractivity contribution in [1.82, 2.24) is 4.98 Å². The van der Waals surface area contributed by atoms with E-state index in [1.165, 1.54) is 38.4 Å². The second-order valence-corrected chi connectivity index (χ2v) is 15.1. The molecule has 3 heterocycles. The van der Waals surface area contributed by atoms with Crippen LogP contribution in [0.5, 0.6) is 0 Å². The normalized spacial score (nSPS) is 13.4. The molecule has 12 rings (SSSR count). The van der Waals surface area contributed by atoms with Gasteiger partial charge in [0.15, 0.2) is 0 Å². The van der Waals surface area contributed by atoms with Gasteiger partial charge >= 0.3 is 0 Å². The molecular formula is C54H34N2O. The lowest BCUT2D eigenvalue weighted by Crippen LogP contribution is -2.37. The molecule has 0 N–H and O–H groups in total. The fraction of sp³-hybridized carbons (Fsp3) is 0.0185. The molecule has 57 heavy (non-hydrogen) atoms. The first-order valence-corrected chi connectivity index (χ1v) is 19.5. The van der Waals surface area contributed by atoms with Crippen molar-refractivity contribution in [3.63, 3.8) is 0 Å². The Morgan fingerprint density at radius 3 is 1.63 bits per heavy atom. The molecule has 0 atom stereocenters. The summed E-state index contributed by atoms with van der Waals surface area (Å²) in [5, 5.41) is 9.12. The van der Waals surface area contributed by atoms with Crippen LogP contribution < -0.4 is 4.90 Å². The molecular weight excluding hydrogens is 693 g/mol. The summed E-state index contributed by atoms with van der Waals surface area (Å²) in [5.41, 5.74) is 10.2. The van der Waals surface area contributed by atoms with Crippen molar-refractivity contribution in [2.45, 2.75) is 5.41 Å². The zero-order valence-electron chi connectivity index (χ0n) is 30.9. The molecule has 1 aliphatic heterocycles. The molecule has 0 saturated heterocycles. The third-order valence-electron chi connectivity index (χ3n) is 12.1. The number of hydrogen-bond donors (Lipinski definition) is 0. The predicted octanol–water partition coefficient (Wildman–Crippen LogP) is 14.3. The van der Waals surface area contributed by atoms with E-state index in [0.29, 0.717) is 0 Å². The topological polar surface area (TPSA) is 29.3 Å². The van der Waals surface area contributed by atoms with E-state index in [-0.39, 0.29) is 0 Å². The maximum absolute atomic E-state index is 6.66. The Kier molecular flexibility index (Phi) is 6.84. The molecule has 266 valence electrons. The summed E-state index contributed by atoms with van der Waals surface area (Å²) in [6.07, 6.45) is 0. The van der Waals surface area contributed by atoms with Crippen LogP contribution in [0.15, 0.2) is 211 Å². The van der Waals surface area contributed by atoms with E-state index in [2.05, 4.69) is 211 Å². The van der Waals surface area contributed by atoms with Gasteiger partial charge in [0.05, 0.1) is 22.5 Å². The van der Waals surface area contributed by atoms with Crippen molar-refractivity contribution in [3.05, 3.63) is 229 Å². The molecule has 0 saturated carbocycles. The van der Waals surface area contributed by atoms with Gasteiger partial charge < -0.3 is 4.42 Å². The second-order valence-electron chi connectivity index (χ2n) is 15.1. The number of rotatable bonds is 4. The summed E-state index contributed by atoms with van der Waals surface area (Å²) in [4.78, 5) is 8.09. The summed E-state index contributed by atoms with van der Waals surface area (Å²) in [7, 11) is 0. The SMILES string of the molecule is c1ccc(C2(c3ccccc3)c3ccccc3N(c3cc4c(ccc5oc6cc7ccccc7cc6c54)c(-c4ccc5ccccc5c4)n3)c3ccccc32)cc1. The van der Waals surface area contributed by atoms with Crippen LogP contribution in [0, 0.1) is 0 Å². The zero-order valence-corrected chi connectivity index (χ0v) is 30.9. The number of anilines is 3. The predicted molar refractivity (Wildman–Crippen MR) is 236 cm³/mol. The molecule has 0 aliphatic carbocycles. The number of nitrogens with zero attached hydrogens (tertiary/aromatic N) is 2. The highest BCUT2D eigenvalue weighted by atomic mass is 16.3.